The number of hydrogen-bond donors (Lipinski definition) is 1. The van der Waals surface area contributed by atoms with Crippen LogP contribution in [0.2, 0.25) is 0 Å². The molecule has 3 rings (SSSR count). The van der Waals surface area contributed by atoms with Crippen LogP contribution in [-0.4, -0.2) is 48.1 Å². The van der Waals surface area contributed by atoms with Gasteiger partial charge in [0.1, 0.15) is 0 Å². The quantitative estimate of drug-likeness (QED) is 0.898. The van der Waals surface area contributed by atoms with Gasteiger partial charge in [0.2, 0.25) is 0 Å². The van der Waals surface area contributed by atoms with Crippen LogP contribution in [0.3, 0.4) is 0 Å². The summed E-state index contributed by atoms with van der Waals surface area (Å²) in [6, 6.07) is 5.67. The minimum Gasteiger partial charge on any atom is -0.326 e. The lowest BCUT2D eigenvalue weighted by Crippen LogP contribution is -2.40. The van der Waals surface area contributed by atoms with E-state index in [1.165, 1.54) is 54.1 Å². The SMILES string of the molecule is CC(N)C(c1ccc(Br)s1)N1CCC(N2CCCC2)C1. The minimum absolute atomic E-state index is 0.179. The first-order chi connectivity index (χ1) is 9.65. The number of nitrogens with zero attached hydrogens (tertiary/aromatic N) is 2. The summed E-state index contributed by atoms with van der Waals surface area (Å²) >= 11 is 5.40. The van der Waals surface area contributed by atoms with Gasteiger partial charge in [-0.15, -0.1) is 11.3 Å². The topological polar surface area (TPSA) is 32.5 Å². The Hall–Kier alpha value is 0.0600. The van der Waals surface area contributed by atoms with Crippen molar-refractivity contribution in [1.29, 1.82) is 0 Å². The molecular weight excluding hydrogens is 334 g/mol. The summed E-state index contributed by atoms with van der Waals surface area (Å²) in [6.07, 6.45) is 4.06. The Morgan fingerprint density at radius 3 is 2.65 bits per heavy atom. The van der Waals surface area contributed by atoms with Crippen molar-refractivity contribution in [3.8, 4) is 0 Å². The highest BCUT2D eigenvalue weighted by molar-refractivity contribution is 9.11. The zero-order chi connectivity index (χ0) is 14.1. The second kappa shape index (κ2) is 6.44. The normalized spacial score (nSPS) is 28.1. The third-order valence-corrected chi connectivity index (χ3v) is 6.32. The molecular formula is C15H24BrN3S. The fourth-order valence-corrected chi connectivity index (χ4v) is 5.36. The molecule has 0 aliphatic carbocycles. The van der Waals surface area contributed by atoms with Gasteiger partial charge < -0.3 is 5.73 Å². The van der Waals surface area contributed by atoms with Gasteiger partial charge in [0, 0.05) is 30.1 Å². The molecule has 0 bridgehead atoms. The number of nitrogens with two attached hydrogens (primary N) is 1. The summed E-state index contributed by atoms with van der Waals surface area (Å²) in [5, 5.41) is 0. The van der Waals surface area contributed by atoms with Crippen molar-refractivity contribution in [2.45, 2.75) is 44.3 Å². The summed E-state index contributed by atoms with van der Waals surface area (Å²) in [5.41, 5.74) is 6.29. The summed E-state index contributed by atoms with van der Waals surface area (Å²) < 4.78 is 1.20. The van der Waals surface area contributed by atoms with Gasteiger partial charge in [-0.2, -0.15) is 0 Å². The summed E-state index contributed by atoms with van der Waals surface area (Å²) in [6.45, 7) is 7.10. The molecule has 2 aliphatic rings. The van der Waals surface area contributed by atoms with E-state index in [0.29, 0.717) is 6.04 Å². The molecule has 0 radical (unpaired) electrons. The van der Waals surface area contributed by atoms with Gasteiger partial charge in [0.15, 0.2) is 0 Å². The first-order valence-corrected chi connectivity index (χ1v) is 9.25. The van der Waals surface area contributed by atoms with Crippen molar-refractivity contribution in [2.75, 3.05) is 26.2 Å². The Morgan fingerprint density at radius 2 is 2.05 bits per heavy atom. The van der Waals surface area contributed by atoms with E-state index in [1.54, 1.807) is 0 Å². The lowest BCUT2D eigenvalue weighted by Gasteiger charge is -2.31. The molecule has 0 saturated carbocycles. The van der Waals surface area contributed by atoms with Gasteiger partial charge in [0.05, 0.1) is 9.83 Å². The Balaban J connectivity index is 1.70. The molecule has 1 aromatic rings. The van der Waals surface area contributed by atoms with Gasteiger partial charge >= 0.3 is 0 Å². The first-order valence-electron chi connectivity index (χ1n) is 7.64. The predicted molar refractivity (Wildman–Crippen MR) is 89.2 cm³/mol. The van der Waals surface area contributed by atoms with E-state index >= 15 is 0 Å². The number of hydrogen-bond acceptors (Lipinski definition) is 4. The molecule has 0 aromatic carbocycles. The van der Waals surface area contributed by atoms with Gasteiger partial charge in [-0.05, 0) is 67.3 Å². The van der Waals surface area contributed by atoms with E-state index in [2.05, 4.69) is 44.8 Å². The van der Waals surface area contributed by atoms with E-state index in [4.69, 9.17) is 5.73 Å². The number of likely N-dealkylation sites (tertiary alicyclic amines) is 2. The Kier molecular flexibility index (Phi) is 4.82. The standard InChI is InChI=1S/C15H24BrN3S/c1-11(17)15(13-4-5-14(16)20-13)19-9-6-12(10-19)18-7-2-3-8-18/h4-5,11-12,15H,2-3,6-10,17H2,1H3. The van der Waals surface area contributed by atoms with Crippen LogP contribution in [0.4, 0.5) is 0 Å². The van der Waals surface area contributed by atoms with Crippen LogP contribution in [0, 0.1) is 0 Å². The fraction of sp³-hybridized carbons (Fsp3) is 0.733. The maximum absolute atomic E-state index is 6.29. The van der Waals surface area contributed by atoms with Crippen molar-refractivity contribution in [2.24, 2.45) is 5.73 Å². The highest BCUT2D eigenvalue weighted by Crippen LogP contribution is 2.35. The molecule has 3 heterocycles. The molecule has 2 saturated heterocycles. The van der Waals surface area contributed by atoms with Crippen LogP contribution in [0.15, 0.2) is 15.9 Å². The van der Waals surface area contributed by atoms with E-state index in [9.17, 15) is 0 Å². The molecule has 0 amide bonds. The lowest BCUT2D eigenvalue weighted by molar-refractivity contribution is 0.188. The number of halogens is 1. The number of rotatable bonds is 4. The molecule has 1 aromatic heterocycles. The van der Waals surface area contributed by atoms with Crippen LogP contribution in [-0.2, 0) is 0 Å². The Morgan fingerprint density at radius 1 is 1.30 bits per heavy atom. The summed E-state index contributed by atoms with van der Waals surface area (Å²) in [7, 11) is 0. The molecule has 2 fully saturated rings. The molecule has 2 N–H and O–H groups in total. The van der Waals surface area contributed by atoms with Crippen molar-refractivity contribution in [3.05, 3.63) is 20.8 Å². The third-order valence-electron chi connectivity index (χ3n) is 4.63. The van der Waals surface area contributed by atoms with E-state index < -0.39 is 0 Å². The number of thiophene rings is 1. The maximum Gasteiger partial charge on any atom is 0.0702 e. The van der Waals surface area contributed by atoms with E-state index in [0.717, 1.165) is 6.04 Å². The molecule has 3 atom stereocenters. The fourth-order valence-electron chi connectivity index (χ4n) is 3.68. The van der Waals surface area contributed by atoms with Gasteiger partial charge in [-0.25, -0.2) is 0 Å². The average molecular weight is 358 g/mol. The highest BCUT2D eigenvalue weighted by atomic mass is 79.9. The molecule has 5 heteroatoms. The van der Waals surface area contributed by atoms with Crippen LogP contribution < -0.4 is 5.73 Å². The van der Waals surface area contributed by atoms with E-state index in [1.807, 2.05) is 11.3 Å². The molecule has 20 heavy (non-hydrogen) atoms. The molecule has 112 valence electrons. The van der Waals surface area contributed by atoms with Crippen LogP contribution >= 0.6 is 27.3 Å². The monoisotopic (exact) mass is 357 g/mol. The predicted octanol–water partition coefficient (Wildman–Crippen LogP) is 3.07. The summed E-state index contributed by atoms with van der Waals surface area (Å²) in [5.74, 6) is 0. The van der Waals surface area contributed by atoms with Gasteiger partial charge in [0.25, 0.3) is 0 Å². The van der Waals surface area contributed by atoms with E-state index in [-0.39, 0.29) is 6.04 Å². The van der Waals surface area contributed by atoms with Crippen LogP contribution in [0.5, 0.6) is 0 Å². The van der Waals surface area contributed by atoms with Crippen LogP contribution in [0.25, 0.3) is 0 Å². The van der Waals surface area contributed by atoms with Crippen molar-refractivity contribution < 1.29 is 0 Å². The van der Waals surface area contributed by atoms with Gasteiger partial charge in [-0.1, -0.05) is 0 Å². The first kappa shape index (κ1) is 15.0. The average Bonchev–Trinajstić information content (AvgIpc) is 3.09. The Labute approximate surface area is 134 Å². The van der Waals surface area contributed by atoms with Crippen molar-refractivity contribution in [1.82, 2.24) is 9.80 Å². The highest BCUT2D eigenvalue weighted by Gasteiger charge is 2.35. The lowest BCUT2D eigenvalue weighted by atomic mass is 10.1. The second-order valence-corrected chi connectivity index (χ2v) is 8.62. The molecule has 2 aliphatic heterocycles. The van der Waals surface area contributed by atoms with Crippen molar-refractivity contribution in [3.63, 3.8) is 0 Å². The third kappa shape index (κ3) is 3.12. The zero-order valence-corrected chi connectivity index (χ0v) is 14.5. The van der Waals surface area contributed by atoms with Crippen LogP contribution in [0.1, 0.15) is 37.1 Å². The molecule has 3 unspecified atom stereocenters. The smallest absolute Gasteiger partial charge is 0.0702 e. The van der Waals surface area contributed by atoms with Crippen molar-refractivity contribution >= 4 is 27.3 Å². The zero-order valence-electron chi connectivity index (χ0n) is 12.1. The largest absolute Gasteiger partial charge is 0.326 e. The summed E-state index contributed by atoms with van der Waals surface area (Å²) in [4.78, 5) is 6.68. The Bertz CT molecular complexity index is 442. The minimum atomic E-state index is 0.179. The second-order valence-electron chi connectivity index (χ2n) is 6.13. The maximum atomic E-state index is 6.29. The molecule has 3 nitrogen and oxygen atoms in total. The molecule has 0 spiro atoms. The van der Waals surface area contributed by atoms with Gasteiger partial charge in [-0.3, -0.25) is 9.80 Å².